The summed E-state index contributed by atoms with van der Waals surface area (Å²) in [6.45, 7) is 4.27. The van der Waals surface area contributed by atoms with Gasteiger partial charge in [0.1, 0.15) is 0 Å². The van der Waals surface area contributed by atoms with Crippen LogP contribution in [-0.2, 0) is 14.8 Å². The van der Waals surface area contributed by atoms with Crippen LogP contribution in [0.25, 0.3) is 0 Å². The number of amides is 1. The molecule has 1 fully saturated rings. The Morgan fingerprint density at radius 3 is 2.39 bits per heavy atom. The molecule has 0 aliphatic carbocycles. The Bertz CT molecular complexity index is 620. The van der Waals surface area contributed by atoms with E-state index >= 15 is 0 Å². The third-order valence-corrected chi connectivity index (χ3v) is 5.61. The smallest absolute Gasteiger partial charge is 0.240 e. The van der Waals surface area contributed by atoms with Crippen molar-refractivity contribution in [2.24, 2.45) is 5.92 Å². The first kappa shape index (κ1) is 17.9. The van der Waals surface area contributed by atoms with Crippen LogP contribution < -0.4 is 10.0 Å². The normalized spacial score (nSPS) is 17.1. The lowest BCUT2D eigenvalue weighted by molar-refractivity contribution is -0.115. The number of hydrogen-bond acceptors (Lipinski definition) is 4. The Hall–Kier alpha value is -1.44. The number of likely N-dealkylation sites (tertiary alicyclic amines) is 1. The van der Waals surface area contributed by atoms with Crippen LogP contribution in [0.3, 0.4) is 0 Å². The summed E-state index contributed by atoms with van der Waals surface area (Å²) in [5.74, 6) is 0.296. The van der Waals surface area contributed by atoms with E-state index in [0.29, 0.717) is 24.6 Å². The van der Waals surface area contributed by atoms with Gasteiger partial charge in [0, 0.05) is 18.7 Å². The van der Waals surface area contributed by atoms with Crippen LogP contribution in [-0.4, -0.2) is 45.9 Å². The fourth-order valence-corrected chi connectivity index (χ4v) is 3.66. The highest BCUT2D eigenvalue weighted by atomic mass is 32.2. The minimum atomic E-state index is -3.50. The lowest BCUT2D eigenvalue weighted by Crippen LogP contribution is -2.36. The van der Waals surface area contributed by atoms with Crippen LogP contribution in [0, 0.1) is 5.92 Å². The number of nitrogens with zero attached hydrogens (tertiary/aromatic N) is 1. The molecule has 1 aromatic carbocycles. The van der Waals surface area contributed by atoms with E-state index in [-0.39, 0.29) is 10.8 Å². The monoisotopic (exact) mass is 339 g/mol. The van der Waals surface area contributed by atoms with Crippen LogP contribution in [0.5, 0.6) is 0 Å². The molecule has 1 aliphatic rings. The van der Waals surface area contributed by atoms with Crippen molar-refractivity contribution < 1.29 is 13.2 Å². The van der Waals surface area contributed by atoms with Gasteiger partial charge in [0.25, 0.3) is 0 Å². The van der Waals surface area contributed by atoms with Crippen molar-refractivity contribution in [3.05, 3.63) is 24.3 Å². The van der Waals surface area contributed by atoms with Crippen LogP contribution >= 0.6 is 0 Å². The molecule has 128 valence electrons. The van der Waals surface area contributed by atoms with E-state index in [9.17, 15) is 13.2 Å². The molecule has 0 aromatic heterocycles. The molecule has 7 heteroatoms. The van der Waals surface area contributed by atoms with Crippen molar-refractivity contribution in [1.82, 2.24) is 9.62 Å². The van der Waals surface area contributed by atoms with Gasteiger partial charge in [0.15, 0.2) is 0 Å². The van der Waals surface area contributed by atoms with Crippen molar-refractivity contribution in [2.45, 2.75) is 31.1 Å². The first-order chi connectivity index (χ1) is 10.9. The first-order valence-electron chi connectivity index (χ1n) is 7.99. The highest BCUT2D eigenvalue weighted by Crippen LogP contribution is 2.17. The summed E-state index contributed by atoms with van der Waals surface area (Å²) in [7, 11) is -1.42. The summed E-state index contributed by atoms with van der Waals surface area (Å²) in [6.07, 6.45) is 2.42. The van der Waals surface area contributed by atoms with Gasteiger partial charge in [-0.25, -0.2) is 13.1 Å². The van der Waals surface area contributed by atoms with Crippen LogP contribution in [0.4, 0.5) is 5.69 Å². The van der Waals surface area contributed by atoms with Crippen molar-refractivity contribution in [3.8, 4) is 0 Å². The number of rotatable bonds is 6. The number of nitrogens with one attached hydrogen (secondary N) is 2. The largest absolute Gasteiger partial charge is 0.326 e. The van der Waals surface area contributed by atoms with Crippen LogP contribution in [0.2, 0.25) is 0 Å². The van der Waals surface area contributed by atoms with Gasteiger partial charge in [-0.1, -0.05) is 6.92 Å². The molecule has 23 heavy (non-hydrogen) atoms. The Balaban J connectivity index is 1.92. The predicted molar refractivity (Wildman–Crippen MR) is 90.8 cm³/mol. The van der Waals surface area contributed by atoms with Gasteiger partial charge >= 0.3 is 0 Å². The quantitative estimate of drug-likeness (QED) is 0.826. The second-order valence-electron chi connectivity index (χ2n) is 6.02. The summed E-state index contributed by atoms with van der Waals surface area (Å²) in [5, 5.41) is 2.70. The number of anilines is 1. The van der Waals surface area contributed by atoms with E-state index in [2.05, 4.69) is 22.0 Å². The second-order valence-corrected chi connectivity index (χ2v) is 7.79. The molecule has 0 unspecified atom stereocenters. The topological polar surface area (TPSA) is 78.5 Å². The fourth-order valence-electron chi connectivity index (χ4n) is 2.54. The highest BCUT2D eigenvalue weighted by molar-refractivity contribution is 7.89. The molecule has 0 spiro atoms. The Kier molecular flexibility index (Phi) is 6.15. The van der Waals surface area contributed by atoms with Gasteiger partial charge in [-0.15, -0.1) is 0 Å². The zero-order valence-electron chi connectivity index (χ0n) is 13.7. The maximum absolute atomic E-state index is 12.3. The molecule has 1 heterocycles. The molecule has 1 amide bonds. The van der Waals surface area contributed by atoms with Gasteiger partial charge in [0.2, 0.25) is 15.9 Å². The molecular formula is C16H25N3O3S. The van der Waals surface area contributed by atoms with Crippen LogP contribution in [0.1, 0.15) is 26.2 Å². The van der Waals surface area contributed by atoms with Crippen molar-refractivity contribution >= 4 is 21.6 Å². The molecule has 1 saturated heterocycles. The summed E-state index contributed by atoms with van der Waals surface area (Å²) in [6, 6.07) is 6.25. The fraction of sp³-hybridized carbons (Fsp3) is 0.562. The van der Waals surface area contributed by atoms with E-state index in [0.717, 1.165) is 25.9 Å². The van der Waals surface area contributed by atoms with E-state index in [4.69, 9.17) is 0 Å². The SMILES string of the molecule is CCC(=O)Nc1ccc(S(=O)(=O)NCC2CCN(C)CC2)cc1. The number of sulfonamides is 1. The van der Waals surface area contributed by atoms with E-state index < -0.39 is 10.0 Å². The van der Waals surface area contributed by atoms with Crippen molar-refractivity contribution in [1.29, 1.82) is 0 Å². The standard InChI is InChI=1S/C16H25N3O3S/c1-3-16(20)18-14-4-6-15(7-5-14)23(21,22)17-12-13-8-10-19(2)11-9-13/h4-7,13,17H,3,8-12H2,1-2H3,(H,18,20). The van der Waals surface area contributed by atoms with Gasteiger partial charge in [0.05, 0.1) is 4.90 Å². The maximum Gasteiger partial charge on any atom is 0.240 e. The first-order valence-corrected chi connectivity index (χ1v) is 9.47. The van der Waals surface area contributed by atoms with E-state index in [1.54, 1.807) is 19.1 Å². The second kappa shape index (κ2) is 7.90. The van der Waals surface area contributed by atoms with Gasteiger partial charge < -0.3 is 10.2 Å². The number of carbonyl (C=O) groups is 1. The lowest BCUT2D eigenvalue weighted by Gasteiger charge is -2.28. The lowest BCUT2D eigenvalue weighted by atomic mass is 9.98. The molecule has 1 aromatic rings. The molecule has 0 saturated carbocycles. The third kappa shape index (κ3) is 5.30. The molecule has 1 aliphatic heterocycles. The minimum absolute atomic E-state index is 0.0963. The molecule has 0 radical (unpaired) electrons. The van der Waals surface area contributed by atoms with E-state index in [1.807, 2.05) is 0 Å². The Morgan fingerprint density at radius 2 is 1.83 bits per heavy atom. The number of carbonyl (C=O) groups excluding carboxylic acids is 1. The Labute approximate surface area is 138 Å². The molecule has 2 rings (SSSR count). The highest BCUT2D eigenvalue weighted by Gasteiger charge is 2.20. The van der Waals surface area contributed by atoms with Crippen LogP contribution in [0.15, 0.2) is 29.2 Å². The molecule has 2 N–H and O–H groups in total. The number of hydrogen-bond donors (Lipinski definition) is 2. The Morgan fingerprint density at radius 1 is 1.22 bits per heavy atom. The van der Waals surface area contributed by atoms with Gasteiger partial charge in [-0.3, -0.25) is 4.79 Å². The molecular weight excluding hydrogens is 314 g/mol. The summed E-state index contributed by atoms with van der Waals surface area (Å²) in [5.41, 5.74) is 0.603. The third-order valence-electron chi connectivity index (χ3n) is 4.17. The minimum Gasteiger partial charge on any atom is -0.326 e. The predicted octanol–water partition coefficient (Wildman–Crippen LogP) is 1.66. The summed E-state index contributed by atoms with van der Waals surface area (Å²) < 4.78 is 27.3. The van der Waals surface area contributed by atoms with E-state index in [1.165, 1.54) is 12.1 Å². The average molecular weight is 339 g/mol. The average Bonchev–Trinajstić information content (AvgIpc) is 2.55. The maximum atomic E-state index is 12.3. The van der Waals surface area contributed by atoms with Crippen molar-refractivity contribution in [2.75, 3.05) is 32.0 Å². The summed E-state index contributed by atoms with van der Waals surface area (Å²) in [4.78, 5) is 13.8. The number of piperidine rings is 1. The molecule has 0 bridgehead atoms. The molecule has 0 atom stereocenters. The van der Waals surface area contributed by atoms with Gasteiger partial charge in [-0.05, 0) is 63.2 Å². The van der Waals surface area contributed by atoms with Gasteiger partial charge in [-0.2, -0.15) is 0 Å². The molecule has 6 nitrogen and oxygen atoms in total. The summed E-state index contributed by atoms with van der Waals surface area (Å²) >= 11 is 0. The zero-order chi connectivity index (χ0) is 16.9. The van der Waals surface area contributed by atoms with Crippen molar-refractivity contribution in [3.63, 3.8) is 0 Å². The number of benzene rings is 1. The zero-order valence-corrected chi connectivity index (χ0v) is 14.5.